The Hall–Kier alpha value is -3.56. The number of rotatable bonds is 5. The Morgan fingerprint density at radius 2 is 2.06 bits per heavy atom. The molecule has 0 saturated carbocycles. The van der Waals surface area contributed by atoms with Gasteiger partial charge >= 0.3 is 6.03 Å². The van der Waals surface area contributed by atoms with Crippen LogP contribution >= 0.6 is 0 Å². The van der Waals surface area contributed by atoms with Crippen LogP contribution in [0.4, 0.5) is 10.6 Å². The normalized spacial score (nSPS) is 19.3. The highest BCUT2D eigenvalue weighted by molar-refractivity contribution is 5.75. The third-order valence-electron chi connectivity index (χ3n) is 6.81. The second-order valence-electron chi connectivity index (χ2n) is 8.97. The van der Waals surface area contributed by atoms with Gasteiger partial charge in [0, 0.05) is 61.8 Å². The third kappa shape index (κ3) is 3.79. The van der Waals surface area contributed by atoms with Crippen LogP contribution in [0.25, 0.3) is 11.3 Å². The van der Waals surface area contributed by atoms with Crippen LogP contribution < -0.4 is 15.8 Å². The monoisotopic (exact) mass is 450 g/mol. The number of anilines is 1. The van der Waals surface area contributed by atoms with E-state index >= 15 is 0 Å². The van der Waals surface area contributed by atoms with Gasteiger partial charge in [0.05, 0.1) is 5.69 Å². The van der Waals surface area contributed by atoms with Crippen LogP contribution in [0.1, 0.15) is 36.8 Å². The van der Waals surface area contributed by atoms with Crippen LogP contribution in [0.3, 0.4) is 0 Å². The summed E-state index contributed by atoms with van der Waals surface area (Å²) in [4.78, 5) is 18.6. The number of pyridine rings is 1. The summed E-state index contributed by atoms with van der Waals surface area (Å²) in [5.41, 5.74) is 10.8. The Kier molecular flexibility index (Phi) is 5.22. The molecule has 5 heterocycles. The molecule has 3 aromatic heterocycles. The molecule has 174 valence electrons. The Morgan fingerprint density at radius 1 is 1.24 bits per heavy atom. The molecule has 0 aromatic carbocycles. The molecular formula is C23H30N8O2. The van der Waals surface area contributed by atoms with E-state index in [1.807, 2.05) is 42.6 Å². The fourth-order valence-electron chi connectivity index (χ4n) is 4.89. The number of carbonyl (C=O) groups excluding carboxylic acids is 1. The van der Waals surface area contributed by atoms with E-state index in [1.165, 1.54) is 5.69 Å². The number of ether oxygens (including phenoxy) is 1. The summed E-state index contributed by atoms with van der Waals surface area (Å²) in [6.45, 7) is 7.23. The molecule has 1 atom stereocenters. The lowest BCUT2D eigenvalue weighted by Crippen LogP contribution is -2.40. The van der Waals surface area contributed by atoms with Crippen molar-refractivity contribution >= 4 is 11.8 Å². The van der Waals surface area contributed by atoms with E-state index in [2.05, 4.69) is 26.1 Å². The summed E-state index contributed by atoms with van der Waals surface area (Å²) in [6.07, 6.45) is 3.68. The van der Waals surface area contributed by atoms with E-state index in [0.29, 0.717) is 24.7 Å². The molecule has 0 bridgehead atoms. The number of nitrogens with zero attached hydrogens (tertiary/aromatic N) is 6. The maximum absolute atomic E-state index is 12.3. The van der Waals surface area contributed by atoms with E-state index in [9.17, 15) is 4.79 Å². The lowest BCUT2D eigenvalue weighted by molar-refractivity contribution is 0.206. The van der Waals surface area contributed by atoms with Gasteiger partial charge in [-0.2, -0.15) is 10.2 Å². The molecule has 2 aliphatic rings. The van der Waals surface area contributed by atoms with Gasteiger partial charge in [0.2, 0.25) is 0 Å². The fourth-order valence-corrected chi connectivity index (χ4v) is 4.89. The Bertz CT molecular complexity index is 1180. The maximum atomic E-state index is 12.3. The number of hydrogen-bond donors (Lipinski definition) is 2. The van der Waals surface area contributed by atoms with Crippen LogP contribution in [0.2, 0.25) is 0 Å². The first-order chi connectivity index (χ1) is 15.9. The molecule has 1 unspecified atom stereocenters. The van der Waals surface area contributed by atoms with E-state index in [0.717, 1.165) is 55.1 Å². The smallest absolute Gasteiger partial charge is 0.317 e. The summed E-state index contributed by atoms with van der Waals surface area (Å²) >= 11 is 0. The van der Waals surface area contributed by atoms with Crippen LogP contribution in [0, 0.1) is 6.92 Å². The predicted molar refractivity (Wildman–Crippen MR) is 124 cm³/mol. The van der Waals surface area contributed by atoms with Gasteiger partial charge < -0.3 is 20.7 Å². The minimum atomic E-state index is -0.0340. The van der Waals surface area contributed by atoms with Crippen molar-refractivity contribution in [1.29, 1.82) is 0 Å². The molecule has 1 spiro atoms. The molecule has 33 heavy (non-hydrogen) atoms. The second-order valence-corrected chi connectivity index (χ2v) is 8.97. The van der Waals surface area contributed by atoms with Gasteiger partial charge in [-0.25, -0.2) is 9.78 Å². The van der Waals surface area contributed by atoms with Crippen LogP contribution in [0.15, 0.2) is 24.4 Å². The Balaban J connectivity index is 1.36. The molecule has 3 N–H and O–H groups in total. The minimum absolute atomic E-state index is 0.0141. The molecule has 2 amide bonds. The van der Waals surface area contributed by atoms with E-state index in [1.54, 1.807) is 6.20 Å². The molecule has 3 aromatic rings. The number of amides is 2. The third-order valence-corrected chi connectivity index (χ3v) is 6.81. The number of hydrogen-bond acceptors (Lipinski definition) is 6. The largest absolute Gasteiger partial charge is 0.483 e. The number of aryl methyl sites for hydroxylation is 3. The Morgan fingerprint density at radius 3 is 2.82 bits per heavy atom. The van der Waals surface area contributed by atoms with Crippen molar-refractivity contribution in [1.82, 2.24) is 34.8 Å². The standard InChI is InChI=1S/C23H30N8O2/c1-4-25-22(32)30-7-5-23(14-30)6-8-31-20(23)11-18(28-31)16-10-19(21(24)26-12-16)33-13-17-9-15(2)29(3)27-17/h9-12H,4-8,13-14H2,1-3H3,(H2,24,26)(H,25,32). The van der Waals surface area contributed by atoms with Crippen molar-refractivity contribution in [3.05, 3.63) is 41.5 Å². The van der Waals surface area contributed by atoms with E-state index in [-0.39, 0.29) is 11.4 Å². The van der Waals surface area contributed by atoms with Crippen molar-refractivity contribution in [3.8, 4) is 17.0 Å². The van der Waals surface area contributed by atoms with Crippen molar-refractivity contribution in [2.45, 2.75) is 45.3 Å². The molecule has 0 radical (unpaired) electrons. The second kappa shape index (κ2) is 8.09. The van der Waals surface area contributed by atoms with Gasteiger partial charge in [0.1, 0.15) is 12.3 Å². The first-order valence-corrected chi connectivity index (χ1v) is 11.4. The number of urea groups is 1. The number of nitrogens with two attached hydrogens (primary N) is 1. The van der Waals surface area contributed by atoms with E-state index in [4.69, 9.17) is 15.6 Å². The molecular weight excluding hydrogens is 420 g/mol. The van der Waals surface area contributed by atoms with Gasteiger partial charge in [-0.05, 0) is 44.9 Å². The quantitative estimate of drug-likeness (QED) is 0.616. The number of likely N-dealkylation sites (tertiary alicyclic amines) is 1. The molecule has 0 aliphatic carbocycles. The van der Waals surface area contributed by atoms with Crippen molar-refractivity contribution < 1.29 is 9.53 Å². The summed E-state index contributed by atoms with van der Waals surface area (Å²) in [5, 5.41) is 12.2. The van der Waals surface area contributed by atoms with Crippen molar-refractivity contribution in [3.63, 3.8) is 0 Å². The highest BCUT2D eigenvalue weighted by Gasteiger charge is 2.46. The zero-order valence-electron chi connectivity index (χ0n) is 19.3. The first-order valence-electron chi connectivity index (χ1n) is 11.4. The highest BCUT2D eigenvalue weighted by atomic mass is 16.5. The number of carbonyl (C=O) groups is 1. The molecule has 5 rings (SSSR count). The molecule has 10 nitrogen and oxygen atoms in total. The Labute approximate surface area is 192 Å². The summed E-state index contributed by atoms with van der Waals surface area (Å²) < 4.78 is 9.83. The summed E-state index contributed by atoms with van der Waals surface area (Å²) in [5.74, 6) is 0.852. The highest BCUT2D eigenvalue weighted by Crippen LogP contribution is 2.44. The fraction of sp³-hybridized carbons (Fsp3) is 0.478. The average molecular weight is 451 g/mol. The molecule has 1 fully saturated rings. The van der Waals surface area contributed by atoms with Gasteiger partial charge in [-0.15, -0.1) is 0 Å². The topological polar surface area (TPSA) is 116 Å². The van der Waals surface area contributed by atoms with Crippen molar-refractivity contribution in [2.75, 3.05) is 25.4 Å². The maximum Gasteiger partial charge on any atom is 0.317 e. The van der Waals surface area contributed by atoms with Crippen LogP contribution in [-0.4, -0.2) is 55.1 Å². The first kappa shape index (κ1) is 21.3. The molecule has 10 heteroatoms. The van der Waals surface area contributed by atoms with Gasteiger partial charge in [-0.1, -0.05) is 0 Å². The number of nitrogen functional groups attached to an aromatic ring is 1. The zero-order valence-corrected chi connectivity index (χ0v) is 19.3. The molecule has 2 aliphatic heterocycles. The van der Waals surface area contributed by atoms with Crippen LogP contribution in [0.5, 0.6) is 5.75 Å². The zero-order chi connectivity index (χ0) is 23.2. The molecule has 1 saturated heterocycles. The minimum Gasteiger partial charge on any atom is -0.483 e. The number of fused-ring (bicyclic) bond motifs is 2. The summed E-state index contributed by atoms with van der Waals surface area (Å²) in [7, 11) is 1.90. The average Bonchev–Trinajstić information content (AvgIpc) is 3.55. The number of aromatic nitrogens is 5. The van der Waals surface area contributed by atoms with Gasteiger partial charge in [0.15, 0.2) is 11.6 Å². The number of nitrogens with one attached hydrogen (secondary N) is 1. The lowest BCUT2D eigenvalue weighted by Gasteiger charge is -2.23. The van der Waals surface area contributed by atoms with Crippen molar-refractivity contribution in [2.24, 2.45) is 7.05 Å². The SMILES string of the molecule is CCNC(=O)N1CCC2(CCn3nc(-c4cnc(N)c(OCc5cc(C)n(C)n5)c4)cc32)C1. The van der Waals surface area contributed by atoms with Crippen LogP contribution in [-0.2, 0) is 25.6 Å². The lowest BCUT2D eigenvalue weighted by atomic mass is 9.82. The summed E-state index contributed by atoms with van der Waals surface area (Å²) in [6, 6.07) is 6.02. The predicted octanol–water partition coefficient (Wildman–Crippen LogP) is 2.22. The van der Waals surface area contributed by atoms with Gasteiger partial charge in [-0.3, -0.25) is 9.36 Å². The van der Waals surface area contributed by atoms with Gasteiger partial charge in [0.25, 0.3) is 0 Å². The van der Waals surface area contributed by atoms with E-state index < -0.39 is 0 Å².